The predicted octanol–water partition coefficient (Wildman–Crippen LogP) is -1.17. The lowest BCUT2D eigenvalue weighted by Gasteiger charge is -2.14. The van der Waals surface area contributed by atoms with Crippen LogP contribution in [0.5, 0.6) is 0 Å². The highest BCUT2D eigenvalue weighted by molar-refractivity contribution is 5.87. The number of carbonyl (C=O) groups excluding carboxylic acids is 2. The lowest BCUT2D eigenvalue weighted by Crippen LogP contribution is -2.46. The Balaban J connectivity index is 3.81. The number of amides is 2. The van der Waals surface area contributed by atoms with Crippen molar-refractivity contribution in [2.75, 3.05) is 13.6 Å². The van der Waals surface area contributed by atoms with Crippen molar-refractivity contribution >= 4 is 11.8 Å². The van der Waals surface area contributed by atoms with E-state index in [4.69, 9.17) is 5.73 Å². The quantitative estimate of drug-likeness (QED) is 0.518. The number of hydrogen-bond donors (Lipinski definition) is 3. The average Bonchev–Trinajstić information content (AvgIpc) is 2.11. The zero-order valence-corrected chi connectivity index (χ0v) is 8.26. The van der Waals surface area contributed by atoms with Crippen LogP contribution in [0.15, 0.2) is 0 Å². The first-order valence-corrected chi connectivity index (χ1v) is 4.23. The molecule has 13 heavy (non-hydrogen) atoms. The van der Waals surface area contributed by atoms with Gasteiger partial charge in [0, 0.05) is 7.05 Å². The first-order valence-electron chi connectivity index (χ1n) is 4.23. The van der Waals surface area contributed by atoms with Crippen LogP contribution in [0.25, 0.3) is 0 Å². The topological polar surface area (TPSA) is 84.2 Å². The molecule has 2 amide bonds. The number of carbonyl (C=O) groups is 2. The van der Waals surface area contributed by atoms with E-state index in [1.165, 1.54) is 7.05 Å². The Morgan fingerprint density at radius 1 is 1.38 bits per heavy atom. The molecule has 0 radical (unpaired) electrons. The molecule has 0 bridgehead atoms. The number of hydrogen-bond acceptors (Lipinski definition) is 3. The summed E-state index contributed by atoms with van der Waals surface area (Å²) in [6.07, 6.45) is 0. The van der Waals surface area contributed by atoms with E-state index in [0.29, 0.717) is 0 Å². The van der Waals surface area contributed by atoms with E-state index < -0.39 is 6.04 Å². The Labute approximate surface area is 78.1 Å². The minimum atomic E-state index is -0.551. The molecule has 0 aromatic heterocycles. The van der Waals surface area contributed by atoms with Crippen molar-refractivity contribution in [2.45, 2.75) is 19.9 Å². The molecule has 0 aliphatic heterocycles. The summed E-state index contributed by atoms with van der Waals surface area (Å²) in [6, 6.07) is -0.551. The smallest absolute Gasteiger partial charge is 0.239 e. The molecule has 0 fully saturated rings. The third-order valence-corrected chi connectivity index (χ3v) is 1.72. The van der Waals surface area contributed by atoms with Crippen molar-refractivity contribution in [1.82, 2.24) is 10.6 Å². The maximum absolute atomic E-state index is 11.2. The Morgan fingerprint density at radius 2 is 1.92 bits per heavy atom. The summed E-state index contributed by atoms with van der Waals surface area (Å²) in [7, 11) is 1.51. The molecule has 0 aromatic carbocycles. The van der Waals surface area contributed by atoms with Crippen LogP contribution < -0.4 is 16.4 Å². The molecule has 0 aliphatic rings. The van der Waals surface area contributed by atoms with Crippen molar-refractivity contribution in [2.24, 2.45) is 11.7 Å². The lowest BCUT2D eigenvalue weighted by atomic mass is 10.1. The van der Waals surface area contributed by atoms with Gasteiger partial charge in [0.25, 0.3) is 0 Å². The molecule has 0 aliphatic carbocycles. The molecular formula is C8H17N3O2. The Morgan fingerprint density at radius 3 is 2.31 bits per heavy atom. The molecule has 5 heteroatoms. The summed E-state index contributed by atoms with van der Waals surface area (Å²) in [5.41, 5.74) is 5.54. The van der Waals surface area contributed by atoms with Crippen LogP contribution in [-0.4, -0.2) is 31.4 Å². The average molecular weight is 187 g/mol. The fourth-order valence-electron chi connectivity index (χ4n) is 0.676. The monoisotopic (exact) mass is 187 g/mol. The molecule has 0 aromatic rings. The third kappa shape index (κ3) is 4.47. The molecule has 0 heterocycles. The molecule has 0 saturated carbocycles. The molecule has 0 saturated heterocycles. The van der Waals surface area contributed by atoms with Crippen molar-refractivity contribution in [3.05, 3.63) is 0 Å². The standard InChI is InChI=1S/C8H17N3O2/c1-5(2)7(9)8(13)11-4-6(12)10-3/h5,7H,4,9H2,1-3H3,(H,10,12)(H,11,13)/t7-/m1/s1. The largest absolute Gasteiger partial charge is 0.358 e. The van der Waals surface area contributed by atoms with Gasteiger partial charge >= 0.3 is 0 Å². The van der Waals surface area contributed by atoms with Gasteiger partial charge in [-0.15, -0.1) is 0 Å². The van der Waals surface area contributed by atoms with Gasteiger partial charge in [-0.2, -0.15) is 0 Å². The van der Waals surface area contributed by atoms with Gasteiger partial charge in [-0.1, -0.05) is 13.8 Å². The second kappa shape index (κ2) is 5.53. The highest BCUT2D eigenvalue weighted by Gasteiger charge is 2.16. The number of rotatable bonds is 4. The van der Waals surface area contributed by atoms with Crippen LogP contribution in [0, 0.1) is 5.92 Å². The molecule has 0 rings (SSSR count). The lowest BCUT2D eigenvalue weighted by molar-refractivity contribution is -0.127. The van der Waals surface area contributed by atoms with Crippen LogP contribution in [0.3, 0.4) is 0 Å². The summed E-state index contributed by atoms with van der Waals surface area (Å²) in [6.45, 7) is 3.68. The van der Waals surface area contributed by atoms with E-state index in [9.17, 15) is 9.59 Å². The normalized spacial score (nSPS) is 12.4. The van der Waals surface area contributed by atoms with Crippen molar-refractivity contribution in [1.29, 1.82) is 0 Å². The van der Waals surface area contributed by atoms with Crippen LogP contribution in [-0.2, 0) is 9.59 Å². The zero-order valence-electron chi connectivity index (χ0n) is 8.26. The van der Waals surface area contributed by atoms with E-state index in [1.54, 1.807) is 0 Å². The number of likely N-dealkylation sites (N-methyl/N-ethyl adjacent to an activating group) is 1. The number of nitrogens with one attached hydrogen (secondary N) is 2. The Bertz CT molecular complexity index is 192. The summed E-state index contributed by atoms with van der Waals surface area (Å²) in [5, 5.41) is 4.83. The Hall–Kier alpha value is -1.10. The zero-order chi connectivity index (χ0) is 10.4. The van der Waals surface area contributed by atoms with E-state index in [1.807, 2.05) is 13.8 Å². The van der Waals surface area contributed by atoms with Gasteiger partial charge in [0.15, 0.2) is 0 Å². The van der Waals surface area contributed by atoms with Crippen molar-refractivity contribution < 1.29 is 9.59 Å². The summed E-state index contributed by atoms with van der Waals surface area (Å²) >= 11 is 0. The molecule has 4 N–H and O–H groups in total. The summed E-state index contributed by atoms with van der Waals surface area (Å²) in [4.78, 5) is 21.9. The van der Waals surface area contributed by atoms with E-state index in [0.717, 1.165) is 0 Å². The molecule has 5 nitrogen and oxygen atoms in total. The van der Waals surface area contributed by atoms with E-state index >= 15 is 0 Å². The fourth-order valence-corrected chi connectivity index (χ4v) is 0.676. The first-order chi connectivity index (χ1) is 5.99. The van der Waals surface area contributed by atoms with Gasteiger partial charge in [-0.05, 0) is 5.92 Å². The van der Waals surface area contributed by atoms with Crippen molar-refractivity contribution in [3.63, 3.8) is 0 Å². The van der Waals surface area contributed by atoms with E-state index in [2.05, 4.69) is 10.6 Å². The SMILES string of the molecule is CNC(=O)CNC(=O)[C@H](N)C(C)C. The van der Waals surface area contributed by atoms with Crippen LogP contribution in [0.4, 0.5) is 0 Å². The number of nitrogens with two attached hydrogens (primary N) is 1. The molecular weight excluding hydrogens is 170 g/mol. The molecule has 1 atom stereocenters. The summed E-state index contributed by atoms with van der Waals surface area (Å²) in [5.74, 6) is -0.451. The highest BCUT2D eigenvalue weighted by Crippen LogP contribution is 1.96. The van der Waals surface area contributed by atoms with E-state index in [-0.39, 0.29) is 24.3 Å². The molecule has 0 unspecified atom stereocenters. The van der Waals surface area contributed by atoms with Gasteiger partial charge in [-0.25, -0.2) is 0 Å². The maximum atomic E-state index is 11.2. The second-order valence-electron chi connectivity index (χ2n) is 3.16. The van der Waals surface area contributed by atoms with Gasteiger partial charge in [0.2, 0.25) is 11.8 Å². The predicted molar refractivity (Wildman–Crippen MR) is 49.9 cm³/mol. The van der Waals surface area contributed by atoms with Crippen molar-refractivity contribution in [3.8, 4) is 0 Å². The molecule has 76 valence electrons. The van der Waals surface area contributed by atoms with Gasteiger partial charge in [0.1, 0.15) is 0 Å². The first kappa shape index (κ1) is 11.9. The minimum Gasteiger partial charge on any atom is -0.358 e. The minimum absolute atomic E-state index is 0.0181. The fraction of sp³-hybridized carbons (Fsp3) is 0.750. The Kier molecular flexibility index (Phi) is 5.06. The van der Waals surface area contributed by atoms with Crippen LogP contribution in [0.1, 0.15) is 13.8 Å². The van der Waals surface area contributed by atoms with Gasteiger partial charge in [-0.3, -0.25) is 9.59 Å². The molecule has 0 spiro atoms. The van der Waals surface area contributed by atoms with Gasteiger partial charge in [0.05, 0.1) is 12.6 Å². The van der Waals surface area contributed by atoms with Crippen LogP contribution >= 0.6 is 0 Å². The third-order valence-electron chi connectivity index (χ3n) is 1.72. The second-order valence-corrected chi connectivity index (χ2v) is 3.16. The highest BCUT2D eigenvalue weighted by atomic mass is 16.2. The maximum Gasteiger partial charge on any atom is 0.239 e. The summed E-state index contributed by atoms with van der Waals surface area (Å²) < 4.78 is 0. The van der Waals surface area contributed by atoms with Crippen LogP contribution in [0.2, 0.25) is 0 Å². The van der Waals surface area contributed by atoms with Gasteiger partial charge < -0.3 is 16.4 Å².